The summed E-state index contributed by atoms with van der Waals surface area (Å²) in [5.74, 6) is 0.281. The maximum atomic E-state index is 9.17. The Morgan fingerprint density at radius 1 is 1.43 bits per heavy atom. The first kappa shape index (κ1) is 9.49. The molecule has 3 heteroatoms. The fourth-order valence-electron chi connectivity index (χ4n) is 1.77. The number of benzene rings is 1. The number of hydrogen-bond acceptors (Lipinski definition) is 3. The number of phenols is 1. The molecule has 0 aromatic heterocycles. The lowest BCUT2D eigenvalue weighted by Gasteiger charge is -2.24. The first-order valence-corrected chi connectivity index (χ1v) is 4.82. The van der Waals surface area contributed by atoms with Crippen LogP contribution in [0.25, 0.3) is 0 Å². The fraction of sp³-hybridized carbons (Fsp3) is 0.455. The third-order valence-corrected chi connectivity index (χ3v) is 2.58. The van der Waals surface area contributed by atoms with Crippen LogP contribution in [0.5, 0.6) is 5.75 Å². The molecule has 1 heterocycles. The van der Waals surface area contributed by atoms with Gasteiger partial charge < -0.3 is 9.84 Å². The van der Waals surface area contributed by atoms with Gasteiger partial charge in [-0.05, 0) is 31.5 Å². The molecule has 1 aromatic rings. The van der Waals surface area contributed by atoms with Crippen molar-refractivity contribution in [3.05, 3.63) is 29.8 Å². The predicted molar refractivity (Wildman–Crippen MR) is 54.0 cm³/mol. The third-order valence-electron chi connectivity index (χ3n) is 2.58. The molecular weight excluding hydrogens is 178 g/mol. The van der Waals surface area contributed by atoms with E-state index in [4.69, 9.17) is 4.74 Å². The zero-order valence-corrected chi connectivity index (χ0v) is 8.45. The Bertz CT molecular complexity index is 323. The van der Waals surface area contributed by atoms with Crippen molar-refractivity contribution in [1.29, 1.82) is 0 Å². The quantitative estimate of drug-likeness (QED) is 0.711. The molecule has 0 spiro atoms. The molecule has 1 saturated heterocycles. The van der Waals surface area contributed by atoms with Gasteiger partial charge in [0.2, 0.25) is 0 Å². The Morgan fingerprint density at radius 2 is 2.07 bits per heavy atom. The van der Waals surface area contributed by atoms with E-state index in [1.54, 1.807) is 12.1 Å². The third kappa shape index (κ3) is 1.61. The molecule has 1 aliphatic rings. The van der Waals surface area contributed by atoms with Crippen LogP contribution in [0.3, 0.4) is 0 Å². The summed E-state index contributed by atoms with van der Waals surface area (Å²) in [5.41, 5.74) is 0.632. The van der Waals surface area contributed by atoms with Crippen molar-refractivity contribution in [1.82, 2.24) is 5.32 Å². The zero-order chi connectivity index (χ0) is 10.2. The molecule has 2 atom stereocenters. The van der Waals surface area contributed by atoms with Crippen molar-refractivity contribution < 1.29 is 9.84 Å². The van der Waals surface area contributed by atoms with E-state index in [0.717, 1.165) is 12.1 Å². The van der Waals surface area contributed by atoms with E-state index in [-0.39, 0.29) is 11.9 Å². The lowest BCUT2D eigenvalue weighted by Crippen LogP contribution is -2.34. The number of nitrogens with one attached hydrogen (secondary N) is 1. The van der Waals surface area contributed by atoms with Gasteiger partial charge in [0.1, 0.15) is 11.5 Å². The highest BCUT2D eigenvalue weighted by Crippen LogP contribution is 2.29. The van der Waals surface area contributed by atoms with Crippen LogP contribution in [0.2, 0.25) is 0 Å². The molecule has 0 bridgehead atoms. The average molecular weight is 193 g/mol. The Morgan fingerprint density at radius 3 is 2.57 bits per heavy atom. The normalized spacial score (nSPS) is 32.0. The second-order valence-electron chi connectivity index (χ2n) is 3.89. The van der Waals surface area contributed by atoms with Gasteiger partial charge in [0.25, 0.3) is 0 Å². The Labute approximate surface area is 83.7 Å². The maximum absolute atomic E-state index is 9.17. The standard InChI is InChI=1S/C11H15NO2/c1-8-7-12-11(2,14-8)9-3-5-10(13)6-4-9/h3-6,8,12-13H,7H2,1-2H3. The van der Waals surface area contributed by atoms with Crippen LogP contribution < -0.4 is 5.32 Å². The molecule has 1 aromatic carbocycles. The molecule has 2 N–H and O–H groups in total. The monoisotopic (exact) mass is 193 g/mol. The Hall–Kier alpha value is -1.06. The van der Waals surface area contributed by atoms with Gasteiger partial charge in [-0.15, -0.1) is 0 Å². The molecule has 14 heavy (non-hydrogen) atoms. The number of ether oxygens (including phenoxy) is 1. The second-order valence-corrected chi connectivity index (χ2v) is 3.89. The minimum Gasteiger partial charge on any atom is -0.508 e. The van der Waals surface area contributed by atoms with Crippen molar-refractivity contribution in [2.75, 3.05) is 6.54 Å². The van der Waals surface area contributed by atoms with Gasteiger partial charge in [-0.3, -0.25) is 5.32 Å². The van der Waals surface area contributed by atoms with Gasteiger partial charge in [-0.1, -0.05) is 12.1 Å². The summed E-state index contributed by atoms with van der Waals surface area (Å²) in [6.07, 6.45) is 0.230. The number of phenolic OH excluding ortho intramolecular Hbond substituents is 1. The molecule has 1 aliphatic heterocycles. The number of aromatic hydroxyl groups is 1. The Kier molecular flexibility index (Phi) is 2.21. The molecule has 3 nitrogen and oxygen atoms in total. The highest BCUT2D eigenvalue weighted by atomic mass is 16.5. The van der Waals surface area contributed by atoms with Crippen molar-refractivity contribution >= 4 is 0 Å². The average Bonchev–Trinajstić information content (AvgIpc) is 2.48. The van der Waals surface area contributed by atoms with Gasteiger partial charge in [0.15, 0.2) is 0 Å². The lowest BCUT2D eigenvalue weighted by molar-refractivity contribution is -0.0342. The smallest absolute Gasteiger partial charge is 0.142 e. The van der Waals surface area contributed by atoms with Crippen LogP contribution in [0.1, 0.15) is 19.4 Å². The minimum atomic E-state index is -0.410. The number of rotatable bonds is 1. The van der Waals surface area contributed by atoms with Crippen LogP contribution in [0.15, 0.2) is 24.3 Å². The second kappa shape index (κ2) is 3.26. The summed E-state index contributed by atoms with van der Waals surface area (Å²) in [6.45, 7) is 4.90. The van der Waals surface area contributed by atoms with Gasteiger partial charge in [0, 0.05) is 6.54 Å². The van der Waals surface area contributed by atoms with E-state index >= 15 is 0 Å². The SMILES string of the molecule is CC1CNC(C)(c2ccc(O)cc2)O1. The molecule has 1 fully saturated rings. The van der Waals surface area contributed by atoms with Gasteiger partial charge >= 0.3 is 0 Å². The molecular formula is C11H15NO2. The summed E-state index contributed by atoms with van der Waals surface area (Å²) in [5, 5.41) is 12.5. The minimum absolute atomic E-state index is 0.230. The topological polar surface area (TPSA) is 41.5 Å². The molecule has 0 aliphatic carbocycles. The van der Waals surface area contributed by atoms with Crippen LogP contribution in [0.4, 0.5) is 0 Å². The van der Waals surface area contributed by atoms with E-state index < -0.39 is 5.72 Å². The predicted octanol–water partition coefficient (Wildman–Crippen LogP) is 1.57. The van der Waals surface area contributed by atoms with Gasteiger partial charge in [-0.25, -0.2) is 0 Å². The van der Waals surface area contributed by atoms with Crippen LogP contribution in [-0.2, 0) is 10.5 Å². The van der Waals surface area contributed by atoms with Crippen LogP contribution in [-0.4, -0.2) is 17.8 Å². The van der Waals surface area contributed by atoms with Gasteiger partial charge in [-0.2, -0.15) is 0 Å². The molecule has 0 saturated carbocycles. The van der Waals surface area contributed by atoms with Crippen molar-refractivity contribution in [2.45, 2.75) is 25.7 Å². The Balaban J connectivity index is 2.26. The molecule has 0 amide bonds. The van der Waals surface area contributed by atoms with Crippen LogP contribution >= 0.6 is 0 Å². The lowest BCUT2D eigenvalue weighted by atomic mass is 10.1. The molecule has 2 rings (SSSR count). The fourth-order valence-corrected chi connectivity index (χ4v) is 1.77. The van der Waals surface area contributed by atoms with Crippen molar-refractivity contribution in [3.8, 4) is 5.75 Å². The summed E-state index contributed by atoms with van der Waals surface area (Å²) in [6, 6.07) is 7.10. The first-order valence-electron chi connectivity index (χ1n) is 4.82. The first-order chi connectivity index (χ1) is 6.60. The molecule has 2 unspecified atom stereocenters. The summed E-state index contributed by atoms with van der Waals surface area (Å²) in [4.78, 5) is 0. The highest BCUT2D eigenvalue weighted by molar-refractivity contribution is 5.29. The number of hydrogen-bond donors (Lipinski definition) is 2. The van der Waals surface area contributed by atoms with E-state index in [2.05, 4.69) is 5.32 Å². The van der Waals surface area contributed by atoms with Crippen LogP contribution in [0, 0.1) is 0 Å². The zero-order valence-electron chi connectivity index (χ0n) is 8.45. The van der Waals surface area contributed by atoms with Gasteiger partial charge in [0.05, 0.1) is 6.10 Å². The van der Waals surface area contributed by atoms with E-state index in [1.807, 2.05) is 26.0 Å². The summed E-state index contributed by atoms with van der Waals surface area (Å²) >= 11 is 0. The molecule has 76 valence electrons. The van der Waals surface area contributed by atoms with E-state index in [1.165, 1.54) is 0 Å². The van der Waals surface area contributed by atoms with Crippen molar-refractivity contribution in [2.24, 2.45) is 0 Å². The van der Waals surface area contributed by atoms with E-state index in [9.17, 15) is 5.11 Å². The van der Waals surface area contributed by atoms with E-state index in [0.29, 0.717) is 0 Å². The molecule has 0 radical (unpaired) electrons. The summed E-state index contributed by atoms with van der Waals surface area (Å²) < 4.78 is 5.78. The summed E-state index contributed by atoms with van der Waals surface area (Å²) in [7, 11) is 0. The highest BCUT2D eigenvalue weighted by Gasteiger charge is 2.34. The maximum Gasteiger partial charge on any atom is 0.142 e. The van der Waals surface area contributed by atoms with Crippen molar-refractivity contribution in [3.63, 3.8) is 0 Å². The largest absolute Gasteiger partial charge is 0.508 e.